The number of nitrogens with two attached hydrogens (primary N) is 1. The van der Waals surface area contributed by atoms with Gasteiger partial charge < -0.3 is 29.6 Å². The molecule has 6 rings (SSSR count). The molecule has 0 spiro atoms. The smallest absolute Gasteiger partial charge is 0.164 e. The molecule has 1 fully saturated rings. The predicted molar refractivity (Wildman–Crippen MR) is 147 cm³/mol. The van der Waals surface area contributed by atoms with Crippen molar-refractivity contribution in [1.82, 2.24) is 24.3 Å². The summed E-state index contributed by atoms with van der Waals surface area (Å²) < 4.78 is 35.5. The average molecular weight is 545 g/mol. The zero-order valence-corrected chi connectivity index (χ0v) is 21.7. The zero-order chi connectivity index (χ0) is 27.5. The minimum Gasteiger partial charge on any atom is -0.487 e. The molecule has 0 atom stereocenters. The normalized spacial score (nSPS) is 14.1. The minimum absolute atomic E-state index is 0.0215. The standard InChI is InChI=1S/C29H29FN6O4/c30-20-14-24(39-17-22-2-1-9-35(22)10-11-37)16-25(15-20)40-23-5-3-19(4-6-23)27-26-28(31)32-18-33-29(26)36(34-27)21-7-12-38-13-8-21/h1-6,9,14-16,18,21,37H,7-8,10-13,17H2,(H2,31,32,33). The van der Waals surface area contributed by atoms with Crippen LogP contribution in [0.25, 0.3) is 22.3 Å². The molecule has 10 nitrogen and oxygen atoms in total. The van der Waals surface area contributed by atoms with Gasteiger partial charge >= 0.3 is 0 Å². The van der Waals surface area contributed by atoms with Crippen molar-refractivity contribution in [3.8, 4) is 28.5 Å². The first kappa shape index (κ1) is 25.8. The number of hydrogen-bond acceptors (Lipinski definition) is 8. The molecule has 0 amide bonds. The van der Waals surface area contributed by atoms with Crippen LogP contribution in [0.15, 0.2) is 67.1 Å². The van der Waals surface area contributed by atoms with Gasteiger partial charge in [-0.2, -0.15) is 5.10 Å². The Hall–Kier alpha value is -4.48. The SMILES string of the molecule is Nc1ncnc2c1c(-c1ccc(Oc3cc(F)cc(OCc4cccn4CCO)c3)cc1)nn2C1CCOCC1. The second-order valence-electron chi connectivity index (χ2n) is 9.55. The number of nitrogens with zero attached hydrogens (tertiary/aromatic N) is 5. The molecule has 206 valence electrons. The third kappa shape index (κ3) is 5.33. The van der Waals surface area contributed by atoms with E-state index in [2.05, 4.69) is 9.97 Å². The van der Waals surface area contributed by atoms with Crippen molar-refractivity contribution in [2.24, 2.45) is 0 Å². The second kappa shape index (κ2) is 11.3. The molecule has 11 heteroatoms. The van der Waals surface area contributed by atoms with Gasteiger partial charge in [0.1, 0.15) is 47.5 Å². The van der Waals surface area contributed by atoms with Crippen molar-refractivity contribution in [3.63, 3.8) is 0 Å². The quantitative estimate of drug-likeness (QED) is 0.273. The first-order valence-electron chi connectivity index (χ1n) is 13.1. The van der Waals surface area contributed by atoms with E-state index < -0.39 is 5.82 Å². The van der Waals surface area contributed by atoms with E-state index in [0.717, 1.165) is 24.1 Å². The van der Waals surface area contributed by atoms with Crippen molar-refractivity contribution in [3.05, 3.63) is 78.6 Å². The highest BCUT2D eigenvalue weighted by Gasteiger charge is 2.24. The number of rotatable bonds is 9. The molecular formula is C29H29FN6O4. The number of aliphatic hydroxyl groups excluding tert-OH is 1. The molecule has 4 heterocycles. The summed E-state index contributed by atoms with van der Waals surface area (Å²) in [5.74, 6) is 1.06. The Morgan fingerprint density at radius 3 is 2.62 bits per heavy atom. The van der Waals surface area contributed by atoms with Crippen LogP contribution in [0.1, 0.15) is 24.6 Å². The largest absolute Gasteiger partial charge is 0.487 e. The van der Waals surface area contributed by atoms with Crippen LogP contribution in [-0.2, 0) is 17.9 Å². The number of nitrogen functional groups attached to an aromatic ring is 1. The fraction of sp³-hybridized carbons (Fsp3) is 0.276. The summed E-state index contributed by atoms with van der Waals surface area (Å²) in [6, 6.07) is 15.5. The number of aromatic nitrogens is 5. The van der Waals surface area contributed by atoms with E-state index in [4.69, 9.17) is 25.0 Å². The fourth-order valence-corrected chi connectivity index (χ4v) is 4.94. The first-order valence-corrected chi connectivity index (χ1v) is 13.1. The van der Waals surface area contributed by atoms with Crippen molar-refractivity contribution in [1.29, 1.82) is 0 Å². The van der Waals surface area contributed by atoms with Gasteiger partial charge in [-0.1, -0.05) is 0 Å². The highest BCUT2D eigenvalue weighted by Crippen LogP contribution is 2.35. The van der Waals surface area contributed by atoms with Crippen LogP contribution in [0.4, 0.5) is 10.2 Å². The molecule has 40 heavy (non-hydrogen) atoms. The third-order valence-corrected chi connectivity index (χ3v) is 6.91. The summed E-state index contributed by atoms with van der Waals surface area (Å²) in [4.78, 5) is 8.67. The fourth-order valence-electron chi connectivity index (χ4n) is 4.94. The first-order chi connectivity index (χ1) is 19.6. The summed E-state index contributed by atoms with van der Waals surface area (Å²) in [5.41, 5.74) is 9.36. The average Bonchev–Trinajstić information content (AvgIpc) is 3.58. The van der Waals surface area contributed by atoms with Gasteiger partial charge in [-0.05, 0) is 49.2 Å². The van der Waals surface area contributed by atoms with Gasteiger partial charge in [0.2, 0.25) is 0 Å². The van der Waals surface area contributed by atoms with E-state index in [9.17, 15) is 9.50 Å². The number of anilines is 1. The number of ether oxygens (including phenoxy) is 3. The number of fused-ring (bicyclic) bond motifs is 1. The van der Waals surface area contributed by atoms with Crippen LogP contribution in [-0.4, -0.2) is 49.2 Å². The van der Waals surface area contributed by atoms with Crippen LogP contribution in [0.2, 0.25) is 0 Å². The number of aliphatic hydroxyl groups is 1. The molecular weight excluding hydrogens is 515 g/mol. The molecule has 2 aromatic carbocycles. The Kier molecular flexibility index (Phi) is 7.30. The van der Waals surface area contributed by atoms with Gasteiger partial charge in [-0.15, -0.1) is 0 Å². The molecule has 1 aliphatic rings. The van der Waals surface area contributed by atoms with E-state index >= 15 is 0 Å². The Bertz CT molecular complexity index is 1610. The number of hydrogen-bond donors (Lipinski definition) is 2. The van der Waals surface area contributed by atoms with E-state index in [1.54, 1.807) is 18.2 Å². The minimum atomic E-state index is -0.476. The van der Waals surface area contributed by atoms with Crippen molar-refractivity contribution >= 4 is 16.9 Å². The van der Waals surface area contributed by atoms with Crippen LogP contribution in [0.5, 0.6) is 17.2 Å². The lowest BCUT2D eigenvalue weighted by Crippen LogP contribution is -2.20. The highest BCUT2D eigenvalue weighted by molar-refractivity contribution is 5.98. The maximum atomic E-state index is 14.4. The monoisotopic (exact) mass is 544 g/mol. The number of benzene rings is 2. The molecule has 5 aromatic rings. The van der Waals surface area contributed by atoms with Gasteiger partial charge in [-0.3, -0.25) is 0 Å². The molecule has 3 N–H and O–H groups in total. The molecule has 0 bridgehead atoms. The van der Waals surface area contributed by atoms with E-state index in [-0.39, 0.29) is 19.3 Å². The van der Waals surface area contributed by atoms with Crippen LogP contribution in [0, 0.1) is 5.82 Å². The van der Waals surface area contributed by atoms with Gasteiger partial charge in [0.25, 0.3) is 0 Å². The van der Waals surface area contributed by atoms with E-state index in [1.165, 1.54) is 18.5 Å². The summed E-state index contributed by atoms with van der Waals surface area (Å²) in [6.07, 6.45) is 5.02. The van der Waals surface area contributed by atoms with Gasteiger partial charge in [0, 0.05) is 49.7 Å². The topological polar surface area (TPSA) is 122 Å². The van der Waals surface area contributed by atoms with Gasteiger partial charge in [0.15, 0.2) is 5.65 Å². The Labute approximate surface area is 229 Å². The van der Waals surface area contributed by atoms with Crippen molar-refractivity contribution in [2.45, 2.75) is 32.0 Å². The summed E-state index contributed by atoms with van der Waals surface area (Å²) in [5, 5.41) is 14.8. The van der Waals surface area contributed by atoms with Gasteiger partial charge in [0.05, 0.1) is 23.7 Å². The highest BCUT2D eigenvalue weighted by atomic mass is 19.1. The summed E-state index contributed by atoms with van der Waals surface area (Å²) in [6.45, 7) is 2.07. The third-order valence-electron chi connectivity index (χ3n) is 6.91. The summed E-state index contributed by atoms with van der Waals surface area (Å²) in [7, 11) is 0. The zero-order valence-electron chi connectivity index (χ0n) is 21.7. The van der Waals surface area contributed by atoms with Crippen LogP contribution in [0.3, 0.4) is 0 Å². The van der Waals surface area contributed by atoms with Crippen LogP contribution < -0.4 is 15.2 Å². The molecule has 1 aliphatic heterocycles. The van der Waals surface area contributed by atoms with E-state index in [0.29, 0.717) is 59.6 Å². The lowest BCUT2D eigenvalue weighted by atomic mass is 10.1. The number of halogens is 1. The van der Waals surface area contributed by atoms with Crippen molar-refractivity contribution in [2.75, 3.05) is 25.6 Å². The molecule has 0 unspecified atom stereocenters. The Balaban J connectivity index is 1.21. The maximum absolute atomic E-state index is 14.4. The lowest BCUT2D eigenvalue weighted by Gasteiger charge is -2.22. The summed E-state index contributed by atoms with van der Waals surface area (Å²) >= 11 is 0. The maximum Gasteiger partial charge on any atom is 0.164 e. The molecule has 0 radical (unpaired) electrons. The van der Waals surface area contributed by atoms with Crippen LogP contribution >= 0.6 is 0 Å². The Morgan fingerprint density at radius 1 is 1.02 bits per heavy atom. The second-order valence-corrected chi connectivity index (χ2v) is 9.55. The lowest BCUT2D eigenvalue weighted by molar-refractivity contribution is 0.0674. The van der Waals surface area contributed by atoms with E-state index in [1.807, 2.05) is 39.7 Å². The molecule has 1 saturated heterocycles. The van der Waals surface area contributed by atoms with Gasteiger partial charge in [-0.25, -0.2) is 19.0 Å². The molecule has 3 aromatic heterocycles. The predicted octanol–water partition coefficient (Wildman–Crippen LogP) is 4.73. The molecule has 0 aliphatic carbocycles. The Morgan fingerprint density at radius 2 is 1.82 bits per heavy atom. The van der Waals surface area contributed by atoms with Crippen molar-refractivity contribution < 1.29 is 23.7 Å². The molecule has 0 saturated carbocycles.